The van der Waals surface area contributed by atoms with E-state index < -0.39 is 0 Å². The molecular formula is C21H16ClN5O2. The quantitative estimate of drug-likeness (QED) is 0.521. The van der Waals surface area contributed by atoms with Gasteiger partial charge >= 0.3 is 0 Å². The zero-order valence-electron chi connectivity index (χ0n) is 15.4. The first-order chi connectivity index (χ1) is 14.1. The maximum Gasteiger partial charge on any atom is 0.260 e. The van der Waals surface area contributed by atoms with Crippen LogP contribution in [0.25, 0.3) is 5.69 Å². The highest BCUT2D eigenvalue weighted by Gasteiger charge is 2.21. The van der Waals surface area contributed by atoms with Gasteiger partial charge in [0.2, 0.25) is 5.88 Å². The molecule has 0 spiro atoms. The number of hydrogen-bond acceptors (Lipinski definition) is 5. The molecular weight excluding hydrogens is 390 g/mol. The highest BCUT2D eigenvalue weighted by Crippen LogP contribution is 2.25. The van der Waals surface area contributed by atoms with Crippen LogP contribution in [0.4, 0.5) is 5.69 Å². The number of rotatable bonds is 5. The van der Waals surface area contributed by atoms with Crippen LogP contribution >= 0.6 is 11.6 Å². The lowest BCUT2D eigenvalue weighted by molar-refractivity contribution is 0.102. The molecule has 0 aliphatic rings. The molecule has 1 amide bonds. The molecule has 0 bridgehead atoms. The molecule has 0 unspecified atom stereocenters. The summed E-state index contributed by atoms with van der Waals surface area (Å²) in [6.45, 7) is 1.75. The van der Waals surface area contributed by atoms with Crippen LogP contribution < -0.4 is 10.1 Å². The van der Waals surface area contributed by atoms with Gasteiger partial charge in [-0.25, -0.2) is 9.67 Å². The minimum Gasteiger partial charge on any atom is -0.438 e. The maximum atomic E-state index is 12.8. The molecule has 4 aromatic rings. The van der Waals surface area contributed by atoms with Gasteiger partial charge in [-0.15, -0.1) is 0 Å². The van der Waals surface area contributed by atoms with Crippen molar-refractivity contribution in [2.75, 3.05) is 5.32 Å². The van der Waals surface area contributed by atoms with Crippen LogP contribution in [0.1, 0.15) is 16.1 Å². The predicted octanol–water partition coefficient (Wildman–Crippen LogP) is 4.67. The summed E-state index contributed by atoms with van der Waals surface area (Å²) >= 11 is 6.45. The Morgan fingerprint density at radius 1 is 1.07 bits per heavy atom. The van der Waals surface area contributed by atoms with Crippen LogP contribution in [0, 0.1) is 6.92 Å². The first-order valence-electron chi connectivity index (χ1n) is 8.77. The van der Waals surface area contributed by atoms with Crippen molar-refractivity contribution in [2.24, 2.45) is 0 Å². The average Bonchev–Trinajstić information content (AvgIpc) is 3.05. The summed E-state index contributed by atoms with van der Waals surface area (Å²) in [6, 6.07) is 16.3. The molecule has 1 N–H and O–H groups in total. The third kappa shape index (κ3) is 4.09. The van der Waals surface area contributed by atoms with E-state index in [1.54, 1.807) is 48.3 Å². The second-order valence-electron chi connectivity index (χ2n) is 6.12. The first kappa shape index (κ1) is 18.6. The zero-order chi connectivity index (χ0) is 20.2. The Bertz CT molecular complexity index is 1130. The number of anilines is 1. The summed E-state index contributed by atoms with van der Waals surface area (Å²) in [4.78, 5) is 20.8. The van der Waals surface area contributed by atoms with E-state index in [-0.39, 0.29) is 11.1 Å². The second-order valence-corrected chi connectivity index (χ2v) is 6.48. The van der Waals surface area contributed by atoms with Crippen LogP contribution in [0.5, 0.6) is 11.6 Å². The summed E-state index contributed by atoms with van der Waals surface area (Å²) in [5, 5.41) is 7.49. The number of halogens is 1. The van der Waals surface area contributed by atoms with Crippen LogP contribution in [0.2, 0.25) is 5.15 Å². The number of aromatic nitrogens is 4. The fourth-order valence-corrected chi connectivity index (χ4v) is 3.11. The van der Waals surface area contributed by atoms with Gasteiger partial charge in [0.15, 0.2) is 0 Å². The van der Waals surface area contributed by atoms with E-state index in [0.717, 1.165) is 5.69 Å². The van der Waals surface area contributed by atoms with Gasteiger partial charge in [0.05, 0.1) is 17.6 Å². The monoisotopic (exact) mass is 405 g/mol. The Morgan fingerprint density at radius 3 is 2.52 bits per heavy atom. The van der Waals surface area contributed by atoms with Crippen molar-refractivity contribution in [1.82, 2.24) is 19.7 Å². The van der Waals surface area contributed by atoms with Gasteiger partial charge in [-0.05, 0) is 43.3 Å². The van der Waals surface area contributed by atoms with Crippen molar-refractivity contribution in [1.29, 1.82) is 0 Å². The molecule has 4 rings (SSSR count). The maximum absolute atomic E-state index is 12.8. The zero-order valence-corrected chi connectivity index (χ0v) is 16.2. The number of para-hydroxylation sites is 1. The van der Waals surface area contributed by atoms with E-state index in [0.29, 0.717) is 28.6 Å². The highest BCUT2D eigenvalue weighted by atomic mass is 35.5. The average molecular weight is 406 g/mol. The van der Waals surface area contributed by atoms with Gasteiger partial charge < -0.3 is 10.1 Å². The molecule has 0 saturated heterocycles. The molecule has 2 aromatic carbocycles. The number of ether oxygens (including phenoxy) is 1. The Balaban J connectivity index is 1.50. The topological polar surface area (TPSA) is 81.9 Å². The molecule has 0 fully saturated rings. The molecule has 0 aliphatic carbocycles. The van der Waals surface area contributed by atoms with Crippen molar-refractivity contribution < 1.29 is 9.53 Å². The van der Waals surface area contributed by atoms with Crippen LogP contribution in [0.3, 0.4) is 0 Å². The predicted molar refractivity (Wildman–Crippen MR) is 110 cm³/mol. The van der Waals surface area contributed by atoms with Crippen LogP contribution in [-0.4, -0.2) is 25.7 Å². The van der Waals surface area contributed by atoms with Crippen molar-refractivity contribution in [3.63, 3.8) is 0 Å². The Kier molecular flexibility index (Phi) is 5.22. The minimum absolute atomic E-state index is 0.258. The molecule has 144 valence electrons. The second kappa shape index (κ2) is 8.12. The van der Waals surface area contributed by atoms with Crippen molar-refractivity contribution in [3.05, 3.63) is 89.6 Å². The molecule has 2 heterocycles. The number of nitrogens with one attached hydrogen (secondary N) is 1. The fraction of sp³-hybridized carbons (Fsp3) is 0.0476. The fourth-order valence-electron chi connectivity index (χ4n) is 2.76. The Morgan fingerprint density at radius 2 is 1.83 bits per heavy atom. The molecule has 7 nitrogen and oxygen atoms in total. The molecule has 0 saturated carbocycles. The summed E-state index contributed by atoms with van der Waals surface area (Å²) < 4.78 is 7.14. The Hall–Kier alpha value is -3.71. The van der Waals surface area contributed by atoms with E-state index in [9.17, 15) is 4.79 Å². The van der Waals surface area contributed by atoms with E-state index >= 15 is 0 Å². The molecule has 29 heavy (non-hydrogen) atoms. The lowest BCUT2D eigenvalue weighted by Crippen LogP contribution is -2.13. The number of carbonyl (C=O) groups excluding carboxylic acids is 1. The molecule has 0 aliphatic heterocycles. The van der Waals surface area contributed by atoms with Gasteiger partial charge in [0.25, 0.3) is 5.91 Å². The summed E-state index contributed by atoms with van der Waals surface area (Å²) in [5.41, 5.74) is 2.25. The van der Waals surface area contributed by atoms with E-state index in [4.69, 9.17) is 16.3 Å². The van der Waals surface area contributed by atoms with E-state index in [2.05, 4.69) is 20.4 Å². The third-order valence-corrected chi connectivity index (χ3v) is 4.46. The Labute approximate surface area is 172 Å². The van der Waals surface area contributed by atoms with Gasteiger partial charge in [0.1, 0.15) is 16.5 Å². The van der Waals surface area contributed by atoms with Gasteiger partial charge in [-0.3, -0.25) is 9.78 Å². The van der Waals surface area contributed by atoms with Crippen molar-refractivity contribution in [3.8, 4) is 17.3 Å². The van der Waals surface area contributed by atoms with Gasteiger partial charge in [-0.2, -0.15) is 5.10 Å². The number of hydrogen-bond donors (Lipinski definition) is 1. The number of aryl methyl sites for hydroxylation is 1. The van der Waals surface area contributed by atoms with Crippen molar-refractivity contribution >= 4 is 23.2 Å². The minimum atomic E-state index is -0.336. The van der Waals surface area contributed by atoms with Crippen LogP contribution in [-0.2, 0) is 0 Å². The van der Waals surface area contributed by atoms with Crippen molar-refractivity contribution in [2.45, 2.75) is 6.92 Å². The standard InChI is InChI=1S/C21H16ClN5O2/c1-14-19(20(22)27(26-14)16-5-3-2-4-6-16)21(28)25-15-7-9-17(10-8-15)29-18-13-23-11-12-24-18/h2-13H,1H3,(H,25,28). The number of amides is 1. The highest BCUT2D eigenvalue weighted by molar-refractivity contribution is 6.34. The lowest BCUT2D eigenvalue weighted by Gasteiger charge is -2.07. The molecule has 2 aromatic heterocycles. The smallest absolute Gasteiger partial charge is 0.260 e. The number of nitrogens with zero attached hydrogens (tertiary/aromatic N) is 4. The summed E-state index contributed by atoms with van der Waals surface area (Å²) in [6.07, 6.45) is 4.63. The first-order valence-corrected chi connectivity index (χ1v) is 9.15. The summed E-state index contributed by atoms with van der Waals surface area (Å²) in [7, 11) is 0. The number of carbonyl (C=O) groups is 1. The van der Waals surface area contributed by atoms with E-state index in [1.807, 2.05) is 30.3 Å². The molecule has 0 atom stereocenters. The lowest BCUT2D eigenvalue weighted by atomic mass is 10.2. The van der Waals surface area contributed by atoms with Crippen LogP contribution in [0.15, 0.2) is 73.2 Å². The molecule has 8 heteroatoms. The van der Waals surface area contributed by atoms with Gasteiger partial charge in [-0.1, -0.05) is 29.8 Å². The SMILES string of the molecule is Cc1nn(-c2ccccc2)c(Cl)c1C(=O)Nc1ccc(Oc2cnccn2)cc1. The third-order valence-electron chi connectivity index (χ3n) is 4.11. The molecule has 0 radical (unpaired) electrons. The number of benzene rings is 2. The summed E-state index contributed by atoms with van der Waals surface area (Å²) in [5.74, 6) is 0.631. The van der Waals surface area contributed by atoms with E-state index in [1.165, 1.54) is 6.20 Å². The van der Waals surface area contributed by atoms with Gasteiger partial charge in [0, 0.05) is 18.1 Å². The normalized spacial score (nSPS) is 10.6. The largest absolute Gasteiger partial charge is 0.438 e.